The number of carbonyl (C=O) groups is 1. The lowest BCUT2D eigenvalue weighted by Crippen LogP contribution is -2.05. The van der Waals surface area contributed by atoms with E-state index in [0.717, 1.165) is 16.9 Å². The molecule has 35 heavy (non-hydrogen) atoms. The first-order valence-electron chi connectivity index (χ1n) is 11.0. The van der Waals surface area contributed by atoms with Gasteiger partial charge in [-0.05, 0) is 55.5 Å². The first-order chi connectivity index (χ1) is 17.1. The number of hydrogen-bond acceptors (Lipinski definition) is 8. The molecule has 0 atom stereocenters. The second-order valence-electron chi connectivity index (χ2n) is 7.36. The molecule has 0 N–H and O–H groups in total. The maximum absolute atomic E-state index is 12.7. The average Bonchev–Trinajstić information content (AvgIpc) is 2.92. The van der Waals surface area contributed by atoms with Crippen LogP contribution < -0.4 is 14.2 Å². The summed E-state index contributed by atoms with van der Waals surface area (Å²) in [4.78, 5) is 17.5. The summed E-state index contributed by atoms with van der Waals surface area (Å²) < 4.78 is 16.6. The number of thioether (sulfide) groups is 1. The van der Waals surface area contributed by atoms with Gasteiger partial charge >= 0.3 is 0 Å². The Labute approximate surface area is 208 Å². The molecular formula is C27H25N3O4S. The summed E-state index contributed by atoms with van der Waals surface area (Å²) in [6.07, 6.45) is 0. The molecule has 3 aromatic carbocycles. The van der Waals surface area contributed by atoms with Gasteiger partial charge in [0.2, 0.25) is 5.16 Å². The molecule has 0 radical (unpaired) electrons. The Kier molecular flexibility index (Phi) is 7.95. The number of carbonyl (C=O) groups excluding carboxylic acids is 1. The third-order valence-corrected chi connectivity index (χ3v) is 6.05. The van der Waals surface area contributed by atoms with E-state index in [2.05, 4.69) is 10.2 Å². The van der Waals surface area contributed by atoms with Crippen LogP contribution in [-0.2, 0) is 0 Å². The average molecular weight is 488 g/mol. The van der Waals surface area contributed by atoms with Gasteiger partial charge in [-0.25, -0.2) is 4.98 Å². The van der Waals surface area contributed by atoms with Crippen molar-refractivity contribution in [3.63, 3.8) is 0 Å². The Morgan fingerprint density at radius 1 is 0.800 bits per heavy atom. The zero-order valence-electron chi connectivity index (χ0n) is 19.7. The molecule has 0 aliphatic carbocycles. The van der Waals surface area contributed by atoms with E-state index in [4.69, 9.17) is 19.2 Å². The fraction of sp³-hybridized carbons (Fsp3) is 0.185. The van der Waals surface area contributed by atoms with Crippen LogP contribution in [-0.4, -0.2) is 47.5 Å². The van der Waals surface area contributed by atoms with E-state index in [-0.39, 0.29) is 11.5 Å². The fourth-order valence-corrected chi connectivity index (χ4v) is 4.22. The van der Waals surface area contributed by atoms with E-state index in [1.165, 1.54) is 11.8 Å². The molecule has 0 spiro atoms. The number of benzene rings is 3. The predicted molar refractivity (Wildman–Crippen MR) is 136 cm³/mol. The van der Waals surface area contributed by atoms with Gasteiger partial charge in [-0.1, -0.05) is 36.0 Å². The highest BCUT2D eigenvalue weighted by Gasteiger charge is 2.20. The van der Waals surface area contributed by atoms with Crippen LogP contribution >= 0.6 is 11.8 Å². The smallest absolute Gasteiger partial charge is 0.210 e. The van der Waals surface area contributed by atoms with Crippen LogP contribution in [0.15, 0.2) is 78.0 Å². The van der Waals surface area contributed by atoms with E-state index in [1.807, 2.05) is 55.5 Å². The van der Waals surface area contributed by atoms with Crippen molar-refractivity contribution in [1.29, 1.82) is 0 Å². The number of aromatic nitrogens is 3. The Balaban J connectivity index is 1.66. The van der Waals surface area contributed by atoms with Gasteiger partial charge in [-0.15, -0.1) is 10.2 Å². The molecule has 0 aliphatic heterocycles. The van der Waals surface area contributed by atoms with Crippen LogP contribution in [0.3, 0.4) is 0 Å². The summed E-state index contributed by atoms with van der Waals surface area (Å²) in [5, 5.41) is 9.20. The van der Waals surface area contributed by atoms with Crippen LogP contribution in [0.25, 0.3) is 22.5 Å². The van der Waals surface area contributed by atoms with E-state index >= 15 is 0 Å². The topological polar surface area (TPSA) is 83.4 Å². The molecule has 4 rings (SSSR count). The van der Waals surface area contributed by atoms with Gasteiger partial charge in [0.1, 0.15) is 28.6 Å². The molecule has 0 bridgehead atoms. The van der Waals surface area contributed by atoms with Crippen molar-refractivity contribution in [2.45, 2.75) is 12.1 Å². The van der Waals surface area contributed by atoms with Crippen molar-refractivity contribution < 1.29 is 19.0 Å². The highest BCUT2D eigenvalue weighted by atomic mass is 32.2. The monoisotopic (exact) mass is 487 g/mol. The molecule has 1 heterocycles. The number of nitrogens with zero attached hydrogens (tertiary/aromatic N) is 3. The number of Topliss-reactive ketones (excluding diaryl/α,β-unsaturated/α-hetero) is 1. The van der Waals surface area contributed by atoms with E-state index in [9.17, 15) is 4.79 Å². The number of hydrogen-bond donors (Lipinski definition) is 0. The van der Waals surface area contributed by atoms with Crippen LogP contribution in [0.1, 0.15) is 17.3 Å². The van der Waals surface area contributed by atoms with Crippen molar-refractivity contribution >= 4 is 17.5 Å². The van der Waals surface area contributed by atoms with E-state index in [0.29, 0.717) is 40.2 Å². The molecule has 1 aromatic heterocycles. The third kappa shape index (κ3) is 5.60. The molecule has 8 heteroatoms. The summed E-state index contributed by atoms with van der Waals surface area (Å²) in [7, 11) is 3.22. The number of methoxy groups -OCH3 is 2. The summed E-state index contributed by atoms with van der Waals surface area (Å²) in [6.45, 7) is 2.50. The first kappa shape index (κ1) is 24.2. The van der Waals surface area contributed by atoms with Crippen molar-refractivity contribution in [1.82, 2.24) is 15.2 Å². The normalized spacial score (nSPS) is 10.6. The molecule has 7 nitrogen and oxygen atoms in total. The van der Waals surface area contributed by atoms with Crippen LogP contribution in [0.5, 0.6) is 17.2 Å². The summed E-state index contributed by atoms with van der Waals surface area (Å²) in [6, 6.07) is 22.3. The Morgan fingerprint density at radius 2 is 1.40 bits per heavy atom. The molecule has 0 saturated carbocycles. The standard InChI is InChI=1S/C27H25N3O4S/c1-4-34-19-15-13-18(14-16-19)22(31)17-35-27-28-25(20-9-5-7-11-23(20)32-2)26(29-30-27)21-10-6-8-12-24(21)33-3/h5-16H,4,17H2,1-3H3. The molecule has 0 amide bonds. The molecule has 0 fully saturated rings. The summed E-state index contributed by atoms with van der Waals surface area (Å²) >= 11 is 1.24. The molecule has 4 aromatic rings. The zero-order valence-corrected chi connectivity index (χ0v) is 20.5. The second kappa shape index (κ2) is 11.5. The highest BCUT2D eigenvalue weighted by Crippen LogP contribution is 2.38. The third-order valence-electron chi connectivity index (χ3n) is 5.21. The zero-order chi connectivity index (χ0) is 24.6. The van der Waals surface area contributed by atoms with Crippen molar-refractivity contribution in [3.8, 4) is 39.8 Å². The Bertz CT molecular complexity index is 1310. The maximum atomic E-state index is 12.7. The minimum atomic E-state index is -0.0331. The lowest BCUT2D eigenvalue weighted by molar-refractivity contribution is 0.102. The minimum Gasteiger partial charge on any atom is -0.496 e. The van der Waals surface area contributed by atoms with Crippen LogP contribution in [0, 0.1) is 0 Å². The number of ketones is 1. The number of para-hydroxylation sites is 2. The quantitative estimate of drug-likeness (QED) is 0.211. The Morgan fingerprint density at radius 3 is 2.00 bits per heavy atom. The summed E-state index contributed by atoms with van der Waals surface area (Å²) in [5.74, 6) is 2.19. The van der Waals surface area contributed by atoms with Gasteiger partial charge < -0.3 is 14.2 Å². The fourth-order valence-electron chi connectivity index (χ4n) is 3.54. The molecule has 0 saturated heterocycles. The van der Waals surface area contributed by atoms with Crippen molar-refractivity contribution in [3.05, 3.63) is 78.4 Å². The first-order valence-corrected chi connectivity index (χ1v) is 12.0. The Hall–Kier alpha value is -3.91. The van der Waals surface area contributed by atoms with Gasteiger partial charge in [-0.2, -0.15) is 0 Å². The minimum absolute atomic E-state index is 0.0331. The molecule has 0 unspecified atom stereocenters. The van der Waals surface area contributed by atoms with Gasteiger partial charge in [0.15, 0.2) is 5.78 Å². The maximum Gasteiger partial charge on any atom is 0.210 e. The number of rotatable bonds is 10. The van der Waals surface area contributed by atoms with Crippen molar-refractivity contribution in [2.75, 3.05) is 26.6 Å². The van der Waals surface area contributed by atoms with Crippen molar-refractivity contribution in [2.24, 2.45) is 0 Å². The molecular weight excluding hydrogens is 462 g/mol. The predicted octanol–water partition coefficient (Wildman–Crippen LogP) is 5.60. The van der Waals surface area contributed by atoms with Gasteiger partial charge in [0, 0.05) is 16.7 Å². The summed E-state index contributed by atoms with van der Waals surface area (Å²) in [5.41, 5.74) is 3.29. The van der Waals surface area contributed by atoms with Gasteiger partial charge in [-0.3, -0.25) is 4.79 Å². The second-order valence-corrected chi connectivity index (χ2v) is 8.30. The largest absolute Gasteiger partial charge is 0.496 e. The highest BCUT2D eigenvalue weighted by molar-refractivity contribution is 7.99. The lowest BCUT2D eigenvalue weighted by Gasteiger charge is -2.14. The molecule has 0 aliphatic rings. The SMILES string of the molecule is CCOc1ccc(C(=O)CSc2nnc(-c3ccccc3OC)c(-c3ccccc3OC)n2)cc1. The van der Waals surface area contributed by atoms with Gasteiger partial charge in [0.25, 0.3) is 0 Å². The van der Waals surface area contributed by atoms with Crippen LogP contribution in [0.4, 0.5) is 0 Å². The van der Waals surface area contributed by atoms with Gasteiger partial charge in [0.05, 0.1) is 26.6 Å². The van der Waals surface area contributed by atoms with E-state index < -0.39 is 0 Å². The molecule has 178 valence electrons. The van der Waals surface area contributed by atoms with Crippen LogP contribution in [0.2, 0.25) is 0 Å². The van der Waals surface area contributed by atoms with E-state index in [1.54, 1.807) is 38.5 Å². The lowest BCUT2D eigenvalue weighted by atomic mass is 10.0. The number of ether oxygens (including phenoxy) is 3.